The van der Waals surface area contributed by atoms with Gasteiger partial charge in [-0.2, -0.15) is 4.98 Å². The van der Waals surface area contributed by atoms with Gasteiger partial charge in [0.25, 0.3) is 0 Å². The molecule has 46 heavy (non-hydrogen) atoms. The van der Waals surface area contributed by atoms with Crippen molar-refractivity contribution in [1.29, 1.82) is 0 Å². The molecule has 0 spiro atoms. The molecular formula is C32H38N6O7S. The summed E-state index contributed by atoms with van der Waals surface area (Å²) in [6, 6.07) is 11.7. The number of rotatable bonds is 9. The number of nitrogens with zero attached hydrogens (tertiary/aromatic N) is 5. The zero-order chi connectivity index (χ0) is 32.8. The Labute approximate surface area is 271 Å². The average molecular weight is 651 g/mol. The third kappa shape index (κ3) is 7.11. The van der Waals surface area contributed by atoms with Crippen molar-refractivity contribution in [3.8, 4) is 11.5 Å². The Balaban J connectivity index is 1.35. The molecule has 2 unspecified atom stereocenters. The van der Waals surface area contributed by atoms with Crippen molar-refractivity contribution in [2.75, 3.05) is 70.0 Å². The number of hydrogen-bond acceptors (Lipinski definition) is 11. The number of ether oxygens (including phenoxy) is 3. The number of thioether (sulfide) groups is 1. The standard InChI is InChI=1S/C32H38N6O7S/c1-20(19-46-30(41)21-9-6-5-7-10-21)29(40)38-12-8-11-24(38)28(39)34-27-22-17-25(43-2)26(44-3)18-23(22)33-31(35-27)36-13-15-37(16-14-36)32(42)45-4/h5-7,9-10,17-18,20,24H,8,11-16,19H2,1-4H3,(H,33,34,35,39). The highest BCUT2D eigenvalue weighted by Crippen LogP contribution is 2.35. The van der Waals surface area contributed by atoms with Crippen molar-refractivity contribution >= 4 is 57.5 Å². The number of carbonyl (C=O) groups excluding carboxylic acids is 4. The Bertz CT molecular complexity index is 1600. The molecule has 14 heteroatoms. The average Bonchev–Trinajstić information content (AvgIpc) is 3.60. The van der Waals surface area contributed by atoms with Crippen molar-refractivity contribution in [2.45, 2.75) is 25.8 Å². The van der Waals surface area contributed by atoms with E-state index in [1.165, 1.54) is 21.3 Å². The van der Waals surface area contributed by atoms with Crippen LogP contribution in [0.25, 0.3) is 10.9 Å². The summed E-state index contributed by atoms with van der Waals surface area (Å²) in [5, 5.41) is 3.42. The summed E-state index contributed by atoms with van der Waals surface area (Å²) in [6.07, 6.45) is 0.788. The lowest BCUT2D eigenvalue weighted by Crippen LogP contribution is -2.49. The van der Waals surface area contributed by atoms with Gasteiger partial charge in [-0.1, -0.05) is 49.0 Å². The second-order valence-electron chi connectivity index (χ2n) is 11.1. The van der Waals surface area contributed by atoms with Gasteiger partial charge in [0.1, 0.15) is 11.9 Å². The lowest BCUT2D eigenvalue weighted by atomic mass is 10.1. The first-order valence-electron chi connectivity index (χ1n) is 15.1. The first-order chi connectivity index (χ1) is 22.2. The van der Waals surface area contributed by atoms with E-state index in [2.05, 4.69) is 5.32 Å². The molecule has 1 N–H and O–H groups in total. The van der Waals surface area contributed by atoms with E-state index < -0.39 is 18.1 Å². The fraction of sp³-hybridized carbons (Fsp3) is 0.438. The molecule has 0 saturated carbocycles. The molecule has 5 rings (SSSR count). The van der Waals surface area contributed by atoms with Gasteiger partial charge < -0.3 is 34.2 Å². The van der Waals surface area contributed by atoms with Crippen LogP contribution in [0, 0.1) is 5.92 Å². The zero-order valence-electron chi connectivity index (χ0n) is 26.4. The van der Waals surface area contributed by atoms with Gasteiger partial charge in [0.05, 0.1) is 26.8 Å². The van der Waals surface area contributed by atoms with E-state index >= 15 is 0 Å². The van der Waals surface area contributed by atoms with Crippen LogP contribution >= 0.6 is 11.8 Å². The number of benzene rings is 2. The molecule has 2 atom stereocenters. The van der Waals surface area contributed by atoms with Gasteiger partial charge in [-0.05, 0) is 18.9 Å². The van der Waals surface area contributed by atoms with Gasteiger partial charge in [0.2, 0.25) is 22.9 Å². The number of piperazine rings is 1. The highest BCUT2D eigenvalue weighted by atomic mass is 32.2. The molecule has 2 saturated heterocycles. The summed E-state index contributed by atoms with van der Waals surface area (Å²) in [5.74, 6) is 0.891. The number of nitrogens with one attached hydrogen (secondary N) is 1. The van der Waals surface area contributed by atoms with Crippen molar-refractivity contribution in [3.05, 3.63) is 48.0 Å². The smallest absolute Gasteiger partial charge is 0.409 e. The maximum atomic E-state index is 13.8. The van der Waals surface area contributed by atoms with E-state index in [1.54, 1.807) is 53.1 Å². The molecule has 3 amide bonds. The number of aromatic nitrogens is 2. The number of fused-ring (bicyclic) bond motifs is 1. The largest absolute Gasteiger partial charge is 0.493 e. The van der Waals surface area contributed by atoms with Crippen molar-refractivity contribution in [3.63, 3.8) is 0 Å². The van der Waals surface area contributed by atoms with Crippen LogP contribution in [0.15, 0.2) is 42.5 Å². The number of carbonyl (C=O) groups is 4. The van der Waals surface area contributed by atoms with E-state index in [1.807, 2.05) is 11.0 Å². The van der Waals surface area contributed by atoms with Crippen LogP contribution in [0.4, 0.5) is 16.6 Å². The summed E-state index contributed by atoms with van der Waals surface area (Å²) in [4.78, 5) is 66.6. The third-order valence-corrected chi connectivity index (χ3v) is 9.32. The van der Waals surface area contributed by atoms with E-state index in [4.69, 9.17) is 24.2 Å². The van der Waals surface area contributed by atoms with Gasteiger partial charge in [-0.25, -0.2) is 9.78 Å². The van der Waals surface area contributed by atoms with Crippen LogP contribution in [-0.2, 0) is 14.3 Å². The maximum absolute atomic E-state index is 13.8. The second-order valence-corrected chi connectivity index (χ2v) is 12.1. The summed E-state index contributed by atoms with van der Waals surface area (Å²) in [6.45, 7) is 4.01. The minimum atomic E-state index is -0.693. The molecule has 2 aliphatic rings. The molecule has 0 radical (unpaired) electrons. The number of likely N-dealkylation sites (tertiary alicyclic amines) is 1. The van der Waals surface area contributed by atoms with Crippen molar-refractivity contribution in [2.24, 2.45) is 5.92 Å². The molecule has 2 aliphatic heterocycles. The summed E-state index contributed by atoms with van der Waals surface area (Å²) >= 11 is 1.10. The predicted molar refractivity (Wildman–Crippen MR) is 175 cm³/mol. The fourth-order valence-electron chi connectivity index (χ4n) is 5.61. The Kier molecular flexibility index (Phi) is 10.5. The summed E-state index contributed by atoms with van der Waals surface area (Å²) in [7, 11) is 4.40. The van der Waals surface area contributed by atoms with Gasteiger partial charge in [0, 0.05) is 61.4 Å². The minimum absolute atomic E-state index is 0.0961. The Morgan fingerprint density at radius 1 is 0.957 bits per heavy atom. The Hall–Kier alpha value is -4.59. The molecule has 3 heterocycles. The summed E-state index contributed by atoms with van der Waals surface area (Å²) in [5.41, 5.74) is 1.11. The zero-order valence-corrected chi connectivity index (χ0v) is 27.2. The topological polar surface area (TPSA) is 144 Å². The molecule has 3 aromatic rings. The number of methoxy groups -OCH3 is 3. The van der Waals surface area contributed by atoms with Gasteiger partial charge in [-0.3, -0.25) is 14.4 Å². The van der Waals surface area contributed by atoms with E-state index in [0.717, 1.165) is 11.8 Å². The van der Waals surface area contributed by atoms with Crippen LogP contribution in [0.2, 0.25) is 0 Å². The molecule has 2 fully saturated rings. The molecule has 0 aliphatic carbocycles. The lowest BCUT2D eigenvalue weighted by Gasteiger charge is -2.34. The predicted octanol–water partition coefficient (Wildman–Crippen LogP) is 3.67. The van der Waals surface area contributed by atoms with Crippen molar-refractivity contribution in [1.82, 2.24) is 19.8 Å². The lowest BCUT2D eigenvalue weighted by molar-refractivity contribution is -0.139. The molecular weight excluding hydrogens is 612 g/mol. The van der Waals surface area contributed by atoms with E-state index in [0.29, 0.717) is 85.2 Å². The van der Waals surface area contributed by atoms with Crippen molar-refractivity contribution < 1.29 is 33.4 Å². The Morgan fingerprint density at radius 3 is 2.33 bits per heavy atom. The van der Waals surface area contributed by atoms with E-state index in [9.17, 15) is 19.2 Å². The fourth-order valence-corrected chi connectivity index (χ4v) is 6.46. The third-order valence-electron chi connectivity index (χ3n) is 8.16. The van der Waals surface area contributed by atoms with E-state index in [-0.39, 0.29) is 22.7 Å². The van der Waals surface area contributed by atoms with Crippen LogP contribution < -0.4 is 19.7 Å². The molecule has 13 nitrogen and oxygen atoms in total. The quantitative estimate of drug-likeness (QED) is 0.362. The molecule has 0 bridgehead atoms. The van der Waals surface area contributed by atoms with Gasteiger partial charge in [-0.15, -0.1) is 0 Å². The first kappa shape index (κ1) is 32.8. The van der Waals surface area contributed by atoms with Gasteiger partial charge in [0.15, 0.2) is 11.5 Å². The summed E-state index contributed by atoms with van der Waals surface area (Å²) < 4.78 is 15.9. The Morgan fingerprint density at radius 2 is 1.65 bits per heavy atom. The molecule has 2 aromatic carbocycles. The van der Waals surface area contributed by atoms with Gasteiger partial charge >= 0.3 is 6.09 Å². The number of amides is 3. The normalized spacial score (nSPS) is 17.0. The highest BCUT2D eigenvalue weighted by Gasteiger charge is 2.37. The van der Waals surface area contributed by atoms with Crippen LogP contribution in [-0.4, -0.2) is 109 Å². The monoisotopic (exact) mass is 650 g/mol. The van der Waals surface area contributed by atoms with Crippen LogP contribution in [0.3, 0.4) is 0 Å². The molecule has 244 valence electrons. The number of hydrogen-bond donors (Lipinski definition) is 1. The second kappa shape index (κ2) is 14.7. The van der Waals surface area contributed by atoms with Crippen LogP contribution in [0.1, 0.15) is 30.1 Å². The maximum Gasteiger partial charge on any atom is 0.409 e. The first-order valence-corrected chi connectivity index (χ1v) is 16.1. The highest BCUT2D eigenvalue weighted by molar-refractivity contribution is 8.14. The SMILES string of the molecule is COC(=O)N1CCN(c2nc(NC(=O)C3CCCN3C(=O)C(C)CSC(=O)c3ccccc3)c3cc(OC)c(OC)cc3n2)CC1. The number of anilines is 2. The van der Waals surface area contributed by atoms with Crippen LogP contribution in [0.5, 0.6) is 11.5 Å². The minimum Gasteiger partial charge on any atom is -0.493 e. The molecule has 1 aromatic heterocycles.